The molecule has 0 saturated carbocycles. The predicted molar refractivity (Wildman–Crippen MR) is 105 cm³/mol. The normalized spacial score (nSPS) is 11.0. The molecule has 0 spiro atoms. The summed E-state index contributed by atoms with van der Waals surface area (Å²) in [7, 11) is 0. The van der Waals surface area contributed by atoms with Crippen molar-refractivity contribution in [3.63, 3.8) is 0 Å². The highest BCUT2D eigenvalue weighted by molar-refractivity contribution is 8.00. The van der Waals surface area contributed by atoms with Gasteiger partial charge in [-0.15, -0.1) is 0 Å². The molecule has 0 fully saturated rings. The molecule has 1 amide bonds. The van der Waals surface area contributed by atoms with Crippen LogP contribution >= 0.6 is 11.8 Å². The van der Waals surface area contributed by atoms with Crippen LogP contribution in [0.3, 0.4) is 0 Å². The molecule has 0 saturated heterocycles. The molecule has 2 N–H and O–H groups in total. The highest BCUT2D eigenvalue weighted by atomic mass is 32.2. The third-order valence-corrected chi connectivity index (χ3v) is 5.09. The maximum absolute atomic E-state index is 12.6. The Bertz CT molecular complexity index is 996. The van der Waals surface area contributed by atoms with E-state index >= 15 is 0 Å². The summed E-state index contributed by atoms with van der Waals surface area (Å²) in [6.07, 6.45) is 3.03. The number of nitrogens with zero attached hydrogens (tertiary/aromatic N) is 3. The fraction of sp³-hybridized carbons (Fsp3) is 0.100. The van der Waals surface area contributed by atoms with E-state index in [1.165, 1.54) is 18.1 Å². The van der Waals surface area contributed by atoms with Gasteiger partial charge in [-0.2, -0.15) is 0 Å². The van der Waals surface area contributed by atoms with E-state index in [1.807, 2.05) is 60.7 Å². The lowest BCUT2D eigenvalue weighted by atomic mass is 9.99. The second-order valence-electron chi connectivity index (χ2n) is 5.89. The zero-order valence-corrected chi connectivity index (χ0v) is 15.2. The van der Waals surface area contributed by atoms with Gasteiger partial charge in [0.25, 0.3) is 0 Å². The fourth-order valence-electron chi connectivity index (χ4n) is 2.84. The van der Waals surface area contributed by atoms with Crippen LogP contribution in [0, 0.1) is 0 Å². The van der Waals surface area contributed by atoms with Crippen LogP contribution in [0.1, 0.15) is 17.2 Å². The molecule has 6 nitrogen and oxygen atoms in total. The molecule has 27 heavy (non-hydrogen) atoms. The molecule has 0 aliphatic rings. The Morgan fingerprint density at radius 3 is 2.30 bits per heavy atom. The van der Waals surface area contributed by atoms with E-state index in [4.69, 9.17) is 0 Å². The molecule has 2 aromatic heterocycles. The fourth-order valence-corrected chi connectivity index (χ4v) is 3.61. The summed E-state index contributed by atoms with van der Waals surface area (Å²) in [6.45, 7) is 0. The van der Waals surface area contributed by atoms with E-state index in [0.717, 1.165) is 16.6 Å². The minimum absolute atomic E-state index is 0.0658. The van der Waals surface area contributed by atoms with Gasteiger partial charge in [-0.05, 0) is 11.1 Å². The van der Waals surface area contributed by atoms with Crippen molar-refractivity contribution < 1.29 is 4.79 Å². The first-order valence-corrected chi connectivity index (χ1v) is 9.46. The van der Waals surface area contributed by atoms with Gasteiger partial charge in [0.05, 0.1) is 18.1 Å². The second-order valence-corrected chi connectivity index (χ2v) is 6.85. The highest BCUT2D eigenvalue weighted by Crippen LogP contribution is 2.24. The molecule has 0 aliphatic heterocycles. The minimum atomic E-state index is -0.196. The summed E-state index contributed by atoms with van der Waals surface area (Å²) in [4.78, 5) is 28.1. The minimum Gasteiger partial charge on any atom is -0.344 e. The van der Waals surface area contributed by atoms with Crippen LogP contribution in [-0.2, 0) is 4.79 Å². The average Bonchev–Trinajstić information content (AvgIpc) is 3.21. The molecular formula is C20H17N5OS. The molecule has 0 aliphatic carbocycles. The summed E-state index contributed by atoms with van der Waals surface area (Å²) < 4.78 is 0. The first-order chi connectivity index (χ1) is 13.3. The van der Waals surface area contributed by atoms with E-state index in [-0.39, 0.29) is 17.7 Å². The lowest BCUT2D eigenvalue weighted by Gasteiger charge is -2.19. The van der Waals surface area contributed by atoms with Crippen molar-refractivity contribution in [3.8, 4) is 0 Å². The molecular weight excluding hydrogens is 358 g/mol. The standard InChI is InChI=1S/C20H17N5OS/c26-16(11-27-20-18-19(22-12-21-18)23-13-24-20)25-17(14-7-3-1-4-8-14)15-9-5-2-6-10-15/h1-10,12-13,17H,11H2,(H,25,26)(H,21,22,23,24). The van der Waals surface area contributed by atoms with Crippen LogP contribution in [-0.4, -0.2) is 31.6 Å². The number of thioether (sulfide) groups is 1. The number of rotatable bonds is 6. The van der Waals surface area contributed by atoms with Gasteiger partial charge in [-0.3, -0.25) is 4.79 Å². The molecule has 0 bridgehead atoms. The largest absolute Gasteiger partial charge is 0.344 e. The number of hydrogen-bond donors (Lipinski definition) is 2. The molecule has 0 radical (unpaired) electrons. The number of hydrogen-bond acceptors (Lipinski definition) is 5. The Hall–Kier alpha value is -3.19. The van der Waals surface area contributed by atoms with Crippen LogP contribution in [0.4, 0.5) is 0 Å². The maximum atomic E-state index is 12.6. The molecule has 7 heteroatoms. The highest BCUT2D eigenvalue weighted by Gasteiger charge is 2.17. The van der Waals surface area contributed by atoms with Gasteiger partial charge in [0.1, 0.15) is 16.9 Å². The topological polar surface area (TPSA) is 83.6 Å². The molecule has 4 aromatic rings. The van der Waals surface area contributed by atoms with Crippen molar-refractivity contribution in [2.75, 3.05) is 5.75 Å². The van der Waals surface area contributed by atoms with E-state index in [1.54, 1.807) is 6.33 Å². The van der Waals surface area contributed by atoms with Crippen molar-refractivity contribution in [1.29, 1.82) is 0 Å². The number of imidazole rings is 1. The smallest absolute Gasteiger partial charge is 0.231 e. The molecule has 2 heterocycles. The SMILES string of the molecule is O=C(CSc1ncnc2nc[nH]c12)NC(c1ccccc1)c1ccccc1. The molecule has 0 atom stereocenters. The zero-order chi connectivity index (χ0) is 18.5. The average molecular weight is 375 g/mol. The first kappa shape index (κ1) is 17.2. The van der Waals surface area contributed by atoms with Gasteiger partial charge in [0.15, 0.2) is 5.65 Å². The monoisotopic (exact) mass is 375 g/mol. The summed E-state index contributed by atoms with van der Waals surface area (Å²) in [5, 5.41) is 3.84. The Kier molecular flexibility index (Phi) is 5.11. The van der Waals surface area contributed by atoms with E-state index < -0.39 is 0 Å². The Morgan fingerprint density at radius 2 is 1.63 bits per heavy atom. The van der Waals surface area contributed by atoms with Gasteiger partial charge in [0.2, 0.25) is 5.91 Å². The lowest BCUT2D eigenvalue weighted by molar-refractivity contribution is -0.119. The number of benzene rings is 2. The molecule has 134 valence electrons. The van der Waals surface area contributed by atoms with Crippen molar-refractivity contribution in [3.05, 3.63) is 84.4 Å². The summed E-state index contributed by atoms with van der Waals surface area (Å²) in [5.74, 6) is 0.186. The number of amides is 1. The number of nitrogens with one attached hydrogen (secondary N) is 2. The summed E-state index contributed by atoms with van der Waals surface area (Å²) in [5.41, 5.74) is 3.43. The van der Waals surface area contributed by atoms with Crippen LogP contribution in [0.15, 0.2) is 78.3 Å². The zero-order valence-electron chi connectivity index (χ0n) is 14.4. The van der Waals surface area contributed by atoms with Crippen LogP contribution in [0.5, 0.6) is 0 Å². The number of carbonyl (C=O) groups excluding carboxylic acids is 1. The lowest BCUT2D eigenvalue weighted by Crippen LogP contribution is -2.30. The van der Waals surface area contributed by atoms with Gasteiger partial charge in [0, 0.05) is 0 Å². The summed E-state index contributed by atoms with van der Waals surface area (Å²) >= 11 is 1.36. The first-order valence-electron chi connectivity index (χ1n) is 8.47. The third kappa shape index (κ3) is 3.98. The molecule has 4 rings (SSSR count). The van der Waals surface area contributed by atoms with Crippen molar-refractivity contribution in [1.82, 2.24) is 25.3 Å². The van der Waals surface area contributed by atoms with Crippen molar-refractivity contribution >= 4 is 28.8 Å². The van der Waals surface area contributed by atoms with Crippen LogP contribution < -0.4 is 5.32 Å². The predicted octanol–water partition coefficient (Wildman–Crippen LogP) is 3.35. The maximum Gasteiger partial charge on any atom is 0.231 e. The number of H-pyrrole nitrogens is 1. The second kappa shape index (κ2) is 8.01. The Morgan fingerprint density at radius 1 is 0.963 bits per heavy atom. The number of carbonyl (C=O) groups is 1. The van der Waals surface area contributed by atoms with Crippen molar-refractivity contribution in [2.45, 2.75) is 11.1 Å². The van der Waals surface area contributed by atoms with Crippen LogP contribution in [0.2, 0.25) is 0 Å². The Labute approximate surface area is 160 Å². The van der Waals surface area contributed by atoms with Crippen LogP contribution in [0.25, 0.3) is 11.2 Å². The Balaban J connectivity index is 1.50. The van der Waals surface area contributed by atoms with Gasteiger partial charge in [-0.25, -0.2) is 15.0 Å². The molecule has 0 unspecified atom stereocenters. The van der Waals surface area contributed by atoms with Gasteiger partial charge < -0.3 is 10.3 Å². The van der Waals surface area contributed by atoms with E-state index in [2.05, 4.69) is 25.3 Å². The van der Waals surface area contributed by atoms with Crippen molar-refractivity contribution in [2.24, 2.45) is 0 Å². The summed E-state index contributed by atoms with van der Waals surface area (Å²) in [6, 6.07) is 19.7. The van der Waals surface area contributed by atoms with Gasteiger partial charge >= 0.3 is 0 Å². The number of aromatic nitrogens is 4. The number of aromatic amines is 1. The number of fused-ring (bicyclic) bond motifs is 1. The third-order valence-electron chi connectivity index (χ3n) is 4.10. The van der Waals surface area contributed by atoms with Gasteiger partial charge in [-0.1, -0.05) is 72.4 Å². The quantitative estimate of drug-likeness (QED) is 0.399. The van der Waals surface area contributed by atoms with E-state index in [0.29, 0.717) is 10.7 Å². The molecule has 2 aromatic carbocycles. The van der Waals surface area contributed by atoms with E-state index in [9.17, 15) is 4.79 Å².